The molecule has 0 heterocycles. The van der Waals surface area contributed by atoms with Crippen molar-refractivity contribution in [2.24, 2.45) is 0 Å². The molecule has 0 bridgehead atoms. The number of hydrogen-bond donors (Lipinski definition) is 0. The molecule has 4 nitrogen and oxygen atoms in total. The van der Waals surface area contributed by atoms with Crippen LogP contribution in [0, 0.1) is 0 Å². The van der Waals surface area contributed by atoms with E-state index in [2.05, 4.69) is 0 Å². The van der Waals surface area contributed by atoms with Gasteiger partial charge in [0.25, 0.3) is 0 Å². The van der Waals surface area contributed by atoms with Crippen LogP contribution in [0.1, 0.15) is 11.1 Å². The molecule has 5 heteroatoms. The van der Waals surface area contributed by atoms with Crippen LogP contribution in [-0.4, -0.2) is 19.8 Å². The van der Waals surface area contributed by atoms with Gasteiger partial charge in [0.1, 0.15) is 5.75 Å². The van der Waals surface area contributed by atoms with E-state index in [1.54, 1.807) is 31.4 Å². The molecule has 4 aromatic carbocycles. The molecular formula is C25H23NO3S. The molecule has 0 N–H and O–H groups in total. The predicted molar refractivity (Wildman–Crippen MR) is 120 cm³/mol. The van der Waals surface area contributed by atoms with Gasteiger partial charge in [0.05, 0.1) is 12.0 Å². The van der Waals surface area contributed by atoms with Crippen molar-refractivity contribution in [2.75, 3.05) is 7.11 Å². The largest absolute Gasteiger partial charge is 0.497 e. The first kappa shape index (κ1) is 20.1. The average molecular weight is 418 g/mol. The van der Waals surface area contributed by atoms with Crippen LogP contribution in [0.2, 0.25) is 0 Å². The topological polar surface area (TPSA) is 46.6 Å². The van der Waals surface area contributed by atoms with E-state index >= 15 is 0 Å². The average Bonchev–Trinajstić information content (AvgIpc) is 2.80. The summed E-state index contributed by atoms with van der Waals surface area (Å²) < 4.78 is 33.8. The quantitative estimate of drug-likeness (QED) is 0.413. The summed E-state index contributed by atoms with van der Waals surface area (Å²) in [7, 11) is -2.07. The first-order valence-electron chi connectivity index (χ1n) is 9.73. The summed E-state index contributed by atoms with van der Waals surface area (Å²) >= 11 is 0. The lowest BCUT2D eigenvalue weighted by Crippen LogP contribution is -2.30. The van der Waals surface area contributed by atoms with E-state index in [-0.39, 0.29) is 13.1 Å². The second-order valence-electron chi connectivity index (χ2n) is 7.07. The highest BCUT2D eigenvalue weighted by molar-refractivity contribution is 7.89. The van der Waals surface area contributed by atoms with Gasteiger partial charge in [0, 0.05) is 13.1 Å². The maximum atomic E-state index is 13.5. The van der Waals surface area contributed by atoms with Gasteiger partial charge in [-0.05, 0) is 46.2 Å². The Balaban J connectivity index is 1.74. The molecule has 152 valence electrons. The smallest absolute Gasteiger partial charge is 0.243 e. The molecule has 0 aliphatic rings. The molecule has 4 rings (SSSR count). The lowest BCUT2D eigenvalue weighted by atomic mass is 10.0. The molecule has 0 aliphatic heterocycles. The minimum Gasteiger partial charge on any atom is -0.497 e. The summed E-state index contributed by atoms with van der Waals surface area (Å²) in [6, 6.07) is 30.1. The zero-order valence-corrected chi connectivity index (χ0v) is 17.5. The van der Waals surface area contributed by atoms with Gasteiger partial charge >= 0.3 is 0 Å². The Morgan fingerprint density at radius 2 is 1.40 bits per heavy atom. The molecule has 0 atom stereocenters. The van der Waals surface area contributed by atoms with Crippen LogP contribution in [0.15, 0.2) is 102 Å². The number of sulfonamides is 1. The number of methoxy groups -OCH3 is 1. The van der Waals surface area contributed by atoms with E-state index < -0.39 is 10.0 Å². The van der Waals surface area contributed by atoms with Crippen LogP contribution in [0.25, 0.3) is 10.8 Å². The van der Waals surface area contributed by atoms with Gasteiger partial charge in [-0.25, -0.2) is 8.42 Å². The van der Waals surface area contributed by atoms with Crippen molar-refractivity contribution in [3.05, 3.63) is 108 Å². The first-order valence-corrected chi connectivity index (χ1v) is 11.2. The van der Waals surface area contributed by atoms with Crippen LogP contribution in [-0.2, 0) is 23.1 Å². The van der Waals surface area contributed by atoms with Crippen molar-refractivity contribution in [3.63, 3.8) is 0 Å². The van der Waals surface area contributed by atoms with Gasteiger partial charge in [-0.3, -0.25) is 0 Å². The predicted octanol–water partition coefficient (Wildman–Crippen LogP) is 5.24. The first-order chi connectivity index (χ1) is 14.6. The summed E-state index contributed by atoms with van der Waals surface area (Å²) in [5, 5.41) is 2.15. The summed E-state index contributed by atoms with van der Waals surface area (Å²) in [6.07, 6.45) is 0. The van der Waals surface area contributed by atoms with Gasteiger partial charge in [0.2, 0.25) is 10.0 Å². The normalized spacial score (nSPS) is 11.7. The zero-order valence-electron chi connectivity index (χ0n) is 16.7. The summed E-state index contributed by atoms with van der Waals surface area (Å²) in [6.45, 7) is 0.551. The zero-order chi connectivity index (χ0) is 21.0. The molecule has 0 saturated carbocycles. The number of hydrogen-bond acceptors (Lipinski definition) is 3. The Morgan fingerprint density at radius 3 is 2.13 bits per heavy atom. The van der Waals surface area contributed by atoms with Crippen molar-refractivity contribution in [1.82, 2.24) is 4.31 Å². The molecular weight excluding hydrogens is 394 g/mol. The van der Waals surface area contributed by atoms with Crippen LogP contribution in [0.5, 0.6) is 5.75 Å². The highest BCUT2D eigenvalue weighted by Crippen LogP contribution is 2.25. The Bertz CT molecular complexity index is 1230. The number of benzene rings is 4. The molecule has 0 aromatic heterocycles. The number of rotatable bonds is 7. The third-order valence-electron chi connectivity index (χ3n) is 5.13. The Kier molecular flexibility index (Phi) is 5.84. The molecule has 0 aliphatic carbocycles. The van der Waals surface area contributed by atoms with Crippen molar-refractivity contribution >= 4 is 20.8 Å². The third kappa shape index (κ3) is 4.22. The molecule has 0 saturated heterocycles. The van der Waals surface area contributed by atoms with Crippen molar-refractivity contribution in [2.45, 2.75) is 18.0 Å². The van der Waals surface area contributed by atoms with Gasteiger partial charge in [-0.15, -0.1) is 0 Å². The number of nitrogens with zero attached hydrogens (tertiary/aromatic N) is 1. The Morgan fingerprint density at radius 1 is 0.733 bits per heavy atom. The summed E-state index contributed by atoms with van der Waals surface area (Å²) in [5.41, 5.74) is 1.87. The second-order valence-corrected chi connectivity index (χ2v) is 9.01. The van der Waals surface area contributed by atoms with Gasteiger partial charge in [0.15, 0.2) is 0 Å². The van der Waals surface area contributed by atoms with E-state index in [1.807, 2.05) is 72.8 Å². The van der Waals surface area contributed by atoms with Crippen molar-refractivity contribution in [3.8, 4) is 5.75 Å². The fraction of sp³-hybridized carbons (Fsp3) is 0.120. The Labute approximate surface area is 177 Å². The highest BCUT2D eigenvalue weighted by Gasteiger charge is 2.25. The molecule has 0 fully saturated rings. The molecule has 0 unspecified atom stereocenters. The van der Waals surface area contributed by atoms with Crippen molar-refractivity contribution < 1.29 is 13.2 Å². The molecule has 4 aromatic rings. The van der Waals surface area contributed by atoms with E-state index in [4.69, 9.17) is 4.74 Å². The fourth-order valence-electron chi connectivity index (χ4n) is 3.52. The van der Waals surface area contributed by atoms with Crippen LogP contribution in [0.3, 0.4) is 0 Å². The highest BCUT2D eigenvalue weighted by atomic mass is 32.2. The standard InChI is InChI=1S/C25H23NO3S/c1-29-23-16-14-20(15-17-23)18-26(30(27,28)24-11-3-2-4-12-24)19-22-10-7-9-21-8-5-6-13-25(21)22/h2-17H,18-19H2,1H3. The molecule has 30 heavy (non-hydrogen) atoms. The fourth-order valence-corrected chi connectivity index (χ4v) is 4.95. The van der Waals surface area contributed by atoms with Crippen molar-refractivity contribution in [1.29, 1.82) is 0 Å². The van der Waals surface area contributed by atoms with E-state index in [0.29, 0.717) is 4.90 Å². The third-order valence-corrected chi connectivity index (χ3v) is 6.93. The maximum Gasteiger partial charge on any atom is 0.243 e. The molecule has 0 radical (unpaired) electrons. The SMILES string of the molecule is COc1ccc(CN(Cc2cccc3ccccc23)S(=O)(=O)c2ccccc2)cc1. The lowest BCUT2D eigenvalue weighted by molar-refractivity contribution is 0.400. The van der Waals surface area contributed by atoms with E-state index in [9.17, 15) is 8.42 Å². The maximum absolute atomic E-state index is 13.5. The van der Waals surface area contributed by atoms with Gasteiger partial charge in [-0.2, -0.15) is 4.31 Å². The molecule has 0 amide bonds. The van der Waals surface area contributed by atoms with E-state index in [0.717, 1.165) is 27.6 Å². The lowest BCUT2D eigenvalue weighted by Gasteiger charge is -2.23. The minimum absolute atomic E-state index is 0.268. The minimum atomic E-state index is -3.68. The van der Waals surface area contributed by atoms with Crippen LogP contribution >= 0.6 is 0 Å². The second kappa shape index (κ2) is 8.69. The summed E-state index contributed by atoms with van der Waals surface area (Å²) in [4.78, 5) is 0.291. The number of fused-ring (bicyclic) bond motifs is 1. The van der Waals surface area contributed by atoms with E-state index in [1.165, 1.54) is 4.31 Å². The summed E-state index contributed by atoms with van der Waals surface area (Å²) in [5.74, 6) is 0.741. The van der Waals surface area contributed by atoms with Gasteiger partial charge in [-0.1, -0.05) is 72.8 Å². The molecule has 0 spiro atoms. The van der Waals surface area contributed by atoms with Crippen LogP contribution < -0.4 is 4.74 Å². The Hall–Kier alpha value is -3.15. The monoisotopic (exact) mass is 417 g/mol. The number of ether oxygens (including phenoxy) is 1. The van der Waals surface area contributed by atoms with Gasteiger partial charge < -0.3 is 4.74 Å². The van der Waals surface area contributed by atoms with Crippen LogP contribution in [0.4, 0.5) is 0 Å².